The number of benzene rings is 2. The van der Waals surface area contributed by atoms with E-state index in [2.05, 4.69) is 10.2 Å². The van der Waals surface area contributed by atoms with Crippen LogP contribution in [0.4, 0.5) is 5.82 Å². The molecule has 0 bridgehead atoms. The monoisotopic (exact) mass is 420 g/mol. The number of rotatable bonds is 4. The first-order valence-corrected chi connectivity index (χ1v) is 10.3. The van der Waals surface area contributed by atoms with Crippen molar-refractivity contribution in [1.82, 2.24) is 15.1 Å². The number of carbonyl (C=O) groups is 2. The Balaban J connectivity index is 1.34. The van der Waals surface area contributed by atoms with Gasteiger partial charge in [0.25, 0.3) is 0 Å². The fraction of sp³-hybridized carbons (Fsp3) is 0.348. The van der Waals surface area contributed by atoms with Gasteiger partial charge in [-0.3, -0.25) is 19.6 Å². The summed E-state index contributed by atoms with van der Waals surface area (Å²) in [7, 11) is 3.22. The van der Waals surface area contributed by atoms with Crippen molar-refractivity contribution in [3.63, 3.8) is 0 Å². The molecule has 2 amide bonds. The molecule has 1 saturated heterocycles. The molecule has 0 aliphatic carbocycles. The molecule has 1 atom stereocenters. The highest BCUT2D eigenvalue weighted by Crippen LogP contribution is 2.35. The Labute approximate surface area is 179 Å². The zero-order chi connectivity index (χ0) is 21.5. The third-order valence-corrected chi connectivity index (χ3v) is 6.21. The van der Waals surface area contributed by atoms with Crippen molar-refractivity contribution in [2.24, 2.45) is 5.92 Å². The number of ether oxygens (including phenoxy) is 2. The van der Waals surface area contributed by atoms with E-state index in [1.807, 2.05) is 41.3 Å². The fourth-order valence-corrected chi connectivity index (χ4v) is 4.56. The summed E-state index contributed by atoms with van der Waals surface area (Å²) in [5.41, 5.74) is 3.09. The Morgan fingerprint density at radius 2 is 1.87 bits per heavy atom. The lowest BCUT2D eigenvalue weighted by Crippen LogP contribution is -2.40. The molecule has 1 aromatic heterocycles. The van der Waals surface area contributed by atoms with Crippen molar-refractivity contribution in [3.8, 4) is 11.5 Å². The van der Waals surface area contributed by atoms with E-state index in [0.29, 0.717) is 37.0 Å². The molecule has 1 N–H and O–H groups in total. The summed E-state index contributed by atoms with van der Waals surface area (Å²) in [6.45, 7) is 1.48. The Hall–Kier alpha value is -3.55. The van der Waals surface area contributed by atoms with Crippen LogP contribution < -0.4 is 14.4 Å². The minimum Gasteiger partial charge on any atom is -0.493 e. The highest BCUT2D eigenvalue weighted by Gasteiger charge is 2.39. The first-order valence-electron chi connectivity index (χ1n) is 10.3. The molecule has 8 nitrogen and oxygen atoms in total. The Morgan fingerprint density at radius 1 is 1.13 bits per heavy atom. The maximum absolute atomic E-state index is 13.3. The lowest BCUT2D eigenvalue weighted by Gasteiger charge is -2.31. The van der Waals surface area contributed by atoms with Crippen LogP contribution in [0.3, 0.4) is 0 Å². The summed E-state index contributed by atoms with van der Waals surface area (Å²) < 4.78 is 10.8. The van der Waals surface area contributed by atoms with E-state index in [1.165, 1.54) is 0 Å². The van der Waals surface area contributed by atoms with Crippen LogP contribution in [0.2, 0.25) is 0 Å². The Morgan fingerprint density at radius 3 is 2.65 bits per heavy atom. The first kappa shape index (κ1) is 19.4. The summed E-state index contributed by atoms with van der Waals surface area (Å²) in [6, 6.07) is 11.6. The van der Waals surface area contributed by atoms with Gasteiger partial charge in [-0.2, -0.15) is 5.10 Å². The second kappa shape index (κ2) is 7.61. The normalized spacial score (nSPS) is 18.4. The number of H-pyrrole nitrogens is 1. The molecule has 0 saturated carbocycles. The van der Waals surface area contributed by atoms with Crippen LogP contribution in [-0.2, 0) is 22.6 Å². The molecule has 8 heteroatoms. The van der Waals surface area contributed by atoms with E-state index < -0.39 is 0 Å². The number of para-hydroxylation sites is 1. The van der Waals surface area contributed by atoms with E-state index in [-0.39, 0.29) is 24.2 Å². The molecule has 2 aliphatic rings. The predicted octanol–water partition coefficient (Wildman–Crippen LogP) is 2.52. The average Bonchev–Trinajstić information content (AvgIpc) is 3.40. The van der Waals surface area contributed by atoms with Crippen molar-refractivity contribution >= 4 is 28.5 Å². The Bertz CT molecular complexity index is 1170. The van der Waals surface area contributed by atoms with Crippen LogP contribution in [0.25, 0.3) is 10.9 Å². The third-order valence-electron chi connectivity index (χ3n) is 6.21. The number of methoxy groups -OCH3 is 2. The topological polar surface area (TPSA) is 87.8 Å². The number of hydrogen-bond acceptors (Lipinski definition) is 5. The molecule has 160 valence electrons. The van der Waals surface area contributed by atoms with Crippen LogP contribution in [-0.4, -0.2) is 54.2 Å². The highest BCUT2D eigenvalue weighted by molar-refractivity contribution is 6.05. The van der Waals surface area contributed by atoms with Crippen LogP contribution in [0.15, 0.2) is 36.4 Å². The average molecular weight is 420 g/mol. The zero-order valence-corrected chi connectivity index (χ0v) is 17.6. The van der Waals surface area contributed by atoms with Gasteiger partial charge in [-0.1, -0.05) is 12.1 Å². The predicted molar refractivity (Wildman–Crippen MR) is 115 cm³/mol. The van der Waals surface area contributed by atoms with Gasteiger partial charge in [-0.25, -0.2) is 0 Å². The molecule has 1 fully saturated rings. The summed E-state index contributed by atoms with van der Waals surface area (Å²) in [6.07, 6.45) is 0.950. The molecule has 0 radical (unpaired) electrons. The van der Waals surface area contributed by atoms with Gasteiger partial charge < -0.3 is 14.4 Å². The molecule has 5 rings (SSSR count). The van der Waals surface area contributed by atoms with Gasteiger partial charge in [0.1, 0.15) is 0 Å². The van der Waals surface area contributed by atoms with E-state index >= 15 is 0 Å². The van der Waals surface area contributed by atoms with E-state index in [9.17, 15) is 9.59 Å². The zero-order valence-electron chi connectivity index (χ0n) is 17.6. The SMILES string of the molecule is COc1cc2c(cc1OC)CN(C(=O)[C@H]1CC(=O)N(c3n[nH]c4ccccc34)C1)CC2. The second-order valence-electron chi connectivity index (χ2n) is 7.98. The van der Waals surface area contributed by atoms with Crippen LogP contribution in [0, 0.1) is 5.92 Å². The number of anilines is 1. The number of hydrogen-bond donors (Lipinski definition) is 1. The van der Waals surface area contributed by atoms with Crippen molar-refractivity contribution in [1.29, 1.82) is 0 Å². The van der Waals surface area contributed by atoms with E-state index in [1.54, 1.807) is 19.1 Å². The molecule has 3 heterocycles. The van der Waals surface area contributed by atoms with Crippen molar-refractivity contribution in [2.45, 2.75) is 19.4 Å². The van der Waals surface area contributed by atoms with Crippen LogP contribution in [0.5, 0.6) is 11.5 Å². The summed E-state index contributed by atoms with van der Waals surface area (Å²) >= 11 is 0. The van der Waals surface area contributed by atoms with E-state index in [4.69, 9.17) is 9.47 Å². The maximum Gasteiger partial charge on any atom is 0.229 e. The quantitative estimate of drug-likeness (QED) is 0.701. The lowest BCUT2D eigenvalue weighted by atomic mass is 9.97. The van der Waals surface area contributed by atoms with Gasteiger partial charge in [0.05, 0.1) is 25.7 Å². The fourth-order valence-electron chi connectivity index (χ4n) is 4.56. The minimum atomic E-state index is -0.371. The van der Waals surface area contributed by atoms with Gasteiger partial charge in [-0.05, 0) is 41.8 Å². The maximum atomic E-state index is 13.3. The lowest BCUT2D eigenvalue weighted by molar-refractivity contribution is -0.136. The first-order chi connectivity index (χ1) is 15.1. The number of amides is 2. The van der Waals surface area contributed by atoms with Crippen molar-refractivity contribution in [3.05, 3.63) is 47.5 Å². The number of carbonyl (C=O) groups excluding carboxylic acids is 2. The molecule has 0 unspecified atom stereocenters. The number of aromatic nitrogens is 2. The smallest absolute Gasteiger partial charge is 0.229 e. The van der Waals surface area contributed by atoms with Crippen molar-refractivity contribution < 1.29 is 19.1 Å². The molecule has 3 aromatic rings. The molecule has 2 aliphatic heterocycles. The summed E-state index contributed by atoms with van der Waals surface area (Å²) in [5.74, 6) is 1.52. The number of fused-ring (bicyclic) bond motifs is 2. The van der Waals surface area contributed by atoms with Crippen LogP contribution >= 0.6 is 0 Å². The van der Waals surface area contributed by atoms with Crippen molar-refractivity contribution in [2.75, 3.05) is 32.2 Å². The molecule has 31 heavy (non-hydrogen) atoms. The van der Waals surface area contributed by atoms with Gasteiger partial charge in [0.15, 0.2) is 17.3 Å². The molecule has 0 spiro atoms. The second-order valence-corrected chi connectivity index (χ2v) is 7.98. The van der Waals surface area contributed by atoms with E-state index in [0.717, 1.165) is 28.5 Å². The Kier molecular flexibility index (Phi) is 4.77. The number of aromatic amines is 1. The summed E-state index contributed by atoms with van der Waals surface area (Å²) in [4.78, 5) is 29.5. The van der Waals surface area contributed by atoms with Crippen LogP contribution in [0.1, 0.15) is 17.5 Å². The standard InChI is InChI=1S/C23H24N4O4/c1-30-19-9-14-7-8-26(12-15(14)10-20(19)31-2)23(29)16-11-21(28)27(13-16)22-17-5-3-4-6-18(17)24-25-22/h3-6,9-10,16H,7-8,11-13H2,1-2H3,(H,24,25)/t16-/m0/s1. The number of nitrogens with zero attached hydrogens (tertiary/aromatic N) is 3. The molecule has 2 aromatic carbocycles. The van der Waals surface area contributed by atoms with Gasteiger partial charge >= 0.3 is 0 Å². The van der Waals surface area contributed by atoms with Gasteiger partial charge in [0, 0.05) is 31.4 Å². The van der Waals surface area contributed by atoms with Gasteiger partial charge in [-0.15, -0.1) is 0 Å². The molecular formula is C23H24N4O4. The largest absolute Gasteiger partial charge is 0.493 e. The number of nitrogens with one attached hydrogen (secondary N) is 1. The highest BCUT2D eigenvalue weighted by atomic mass is 16.5. The minimum absolute atomic E-state index is 0.0103. The van der Waals surface area contributed by atoms with Gasteiger partial charge in [0.2, 0.25) is 11.8 Å². The molecular weight excluding hydrogens is 396 g/mol. The summed E-state index contributed by atoms with van der Waals surface area (Å²) in [5, 5.41) is 8.18. The third kappa shape index (κ3) is 3.28.